The first-order valence-electron chi connectivity index (χ1n) is 4.28. The summed E-state index contributed by atoms with van der Waals surface area (Å²) in [6, 6.07) is 0. The van der Waals surface area contributed by atoms with Crippen LogP contribution in [0.2, 0.25) is 0 Å². The van der Waals surface area contributed by atoms with E-state index in [-0.39, 0.29) is 10.6 Å². The fourth-order valence-corrected chi connectivity index (χ4v) is 2.46. The average molecular weight is 256 g/mol. The first-order chi connectivity index (χ1) is 7.67. The first kappa shape index (κ1) is 11.2. The van der Waals surface area contributed by atoms with Gasteiger partial charge in [-0.25, -0.2) is 14.8 Å². The summed E-state index contributed by atoms with van der Waals surface area (Å²) in [7, 11) is 1.27. The van der Waals surface area contributed by atoms with Gasteiger partial charge in [-0.1, -0.05) is 11.8 Å². The number of carbonyl (C=O) groups excluding carboxylic acids is 1. The maximum Gasteiger partial charge on any atom is 0.351 e. The number of hydrogen-bond donors (Lipinski definition) is 1. The number of thioether (sulfide) groups is 1. The van der Waals surface area contributed by atoms with Gasteiger partial charge >= 0.3 is 5.97 Å². The van der Waals surface area contributed by atoms with Crippen molar-refractivity contribution in [3.05, 3.63) is 11.1 Å². The Labute approximate surface area is 99.5 Å². The number of carbonyl (C=O) groups is 1. The quantitative estimate of drug-likeness (QED) is 0.502. The first-order valence-corrected chi connectivity index (χ1v) is 6.32. The summed E-state index contributed by atoms with van der Waals surface area (Å²) >= 11 is 2.49. The van der Waals surface area contributed by atoms with Crippen LogP contribution in [0.3, 0.4) is 0 Å². The summed E-state index contributed by atoms with van der Waals surface area (Å²) in [5.74, 6) is -0.698. The van der Waals surface area contributed by atoms with Crippen LogP contribution in [-0.2, 0) is 4.74 Å². The predicted octanol–water partition coefficient (Wildman–Crippen LogP) is 1.91. The van der Waals surface area contributed by atoms with Crippen LogP contribution in [0.4, 0.5) is 0 Å². The average Bonchev–Trinajstić information content (AvgIpc) is 2.65. The van der Waals surface area contributed by atoms with E-state index in [4.69, 9.17) is 0 Å². The Bertz CT molecular complexity index is 553. The third kappa shape index (κ3) is 1.72. The van der Waals surface area contributed by atoms with Crippen LogP contribution in [-0.4, -0.2) is 34.4 Å². The van der Waals surface area contributed by atoms with Gasteiger partial charge in [0, 0.05) is 6.20 Å². The van der Waals surface area contributed by atoms with Crippen molar-refractivity contribution in [3.8, 4) is 5.75 Å². The minimum atomic E-state index is -0.564. The van der Waals surface area contributed by atoms with Gasteiger partial charge in [-0.3, -0.25) is 0 Å². The summed E-state index contributed by atoms with van der Waals surface area (Å²) < 4.78 is 5.22. The Kier molecular flexibility index (Phi) is 2.97. The molecular weight excluding hydrogens is 248 g/mol. The van der Waals surface area contributed by atoms with Gasteiger partial charge in [0.1, 0.15) is 5.52 Å². The number of ether oxygens (including phenoxy) is 1. The lowest BCUT2D eigenvalue weighted by Gasteiger charge is -1.95. The zero-order valence-electron chi connectivity index (χ0n) is 8.55. The molecule has 2 aromatic rings. The third-order valence-corrected chi connectivity index (χ3v) is 3.58. The second-order valence-electron chi connectivity index (χ2n) is 2.84. The molecule has 0 aliphatic carbocycles. The molecule has 0 fully saturated rings. The van der Waals surface area contributed by atoms with Crippen LogP contribution in [0.15, 0.2) is 11.4 Å². The van der Waals surface area contributed by atoms with Crippen LogP contribution in [0.1, 0.15) is 9.67 Å². The van der Waals surface area contributed by atoms with Gasteiger partial charge in [0.15, 0.2) is 15.8 Å². The molecule has 2 rings (SSSR count). The molecule has 0 aliphatic rings. The zero-order valence-corrected chi connectivity index (χ0v) is 10.2. The molecule has 2 aromatic heterocycles. The van der Waals surface area contributed by atoms with E-state index in [1.165, 1.54) is 18.9 Å². The van der Waals surface area contributed by atoms with Crippen LogP contribution < -0.4 is 0 Å². The maximum absolute atomic E-state index is 11.3. The van der Waals surface area contributed by atoms with E-state index >= 15 is 0 Å². The lowest BCUT2D eigenvalue weighted by Crippen LogP contribution is -1.97. The molecule has 0 aromatic carbocycles. The largest absolute Gasteiger partial charge is 0.504 e. The molecule has 7 heteroatoms. The molecule has 5 nitrogen and oxygen atoms in total. The van der Waals surface area contributed by atoms with E-state index in [1.54, 1.807) is 6.20 Å². The Hall–Kier alpha value is -1.34. The molecule has 0 radical (unpaired) electrons. The summed E-state index contributed by atoms with van der Waals surface area (Å²) in [5, 5.41) is 10.4. The predicted molar refractivity (Wildman–Crippen MR) is 62.2 cm³/mol. The minimum absolute atomic E-state index is 0.135. The van der Waals surface area contributed by atoms with E-state index in [2.05, 4.69) is 14.7 Å². The number of aromatic nitrogens is 2. The molecule has 0 bridgehead atoms. The topological polar surface area (TPSA) is 72.3 Å². The molecule has 0 aliphatic heterocycles. The Morgan fingerprint density at radius 2 is 2.38 bits per heavy atom. The van der Waals surface area contributed by atoms with E-state index in [0.29, 0.717) is 15.4 Å². The van der Waals surface area contributed by atoms with E-state index in [9.17, 15) is 9.90 Å². The van der Waals surface area contributed by atoms with Gasteiger partial charge in [-0.15, -0.1) is 11.3 Å². The van der Waals surface area contributed by atoms with Gasteiger partial charge < -0.3 is 9.84 Å². The lowest BCUT2D eigenvalue weighted by molar-refractivity contribution is 0.0603. The number of rotatable bonds is 2. The highest BCUT2D eigenvalue weighted by Gasteiger charge is 2.20. The fourth-order valence-electron chi connectivity index (χ4n) is 1.19. The van der Waals surface area contributed by atoms with Gasteiger partial charge in [-0.05, 0) is 6.26 Å². The molecule has 0 spiro atoms. The monoisotopic (exact) mass is 256 g/mol. The Morgan fingerprint density at radius 1 is 1.62 bits per heavy atom. The molecule has 84 valence electrons. The van der Waals surface area contributed by atoms with Gasteiger partial charge in [0.05, 0.1) is 11.8 Å². The number of esters is 1. The minimum Gasteiger partial charge on any atom is -0.504 e. The van der Waals surface area contributed by atoms with Crippen molar-refractivity contribution in [2.45, 2.75) is 5.16 Å². The molecule has 0 saturated heterocycles. The Morgan fingerprint density at radius 3 is 3.00 bits per heavy atom. The molecule has 0 amide bonds. The molecule has 0 unspecified atom stereocenters. The van der Waals surface area contributed by atoms with Crippen molar-refractivity contribution >= 4 is 39.3 Å². The normalized spacial score (nSPS) is 10.6. The van der Waals surface area contributed by atoms with E-state index in [0.717, 1.165) is 11.3 Å². The van der Waals surface area contributed by atoms with Crippen LogP contribution in [0, 0.1) is 0 Å². The van der Waals surface area contributed by atoms with Crippen LogP contribution >= 0.6 is 23.1 Å². The Balaban J connectivity index is 2.64. The SMILES string of the molecule is COC(=O)c1sc2cnc(SC)nc2c1O. The maximum atomic E-state index is 11.3. The van der Waals surface area contributed by atoms with Crippen LogP contribution in [0.25, 0.3) is 10.2 Å². The molecule has 2 heterocycles. The number of aromatic hydroxyl groups is 1. The summed E-state index contributed by atoms with van der Waals surface area (Å²) in [5.41, 5.74) is 0.393. The van der Waals surface area contributed by atoms with Gasteiger partial charge in [0.25, 0.3) is 0 Å². The van der Waals surface area contributed by atoms with Crippen molar-refractivity contribution in [2.24, 2.45) is 0 Å². The second-order valence-corrected chi connectivity index (χ2v) is 4.67. The van der Waals surface area contributed by atoms with Crippen molar-refractivity contribution in [1.82, 2.24) is 9.97 Å². The number of methoxy groups -OCH3 is 1. The third-order valence-electron chi connectivity index (χ3n) is 1.94. The van der Waals surface area contributed by atoms with E-state index in [1.807, 2.05) is 6.26 Å². The smallest absolute Gasteiger partial charge is 0.351 e. The van der Waals surface area contributed by atoms with E-state index < -0.39 is 5.97 Å². The van der Waals surface area contributed by atoms with Crippen LogP contribution in [0.5, 0.6) is 5.75 Å². The molecular formula is C9H8N2O3S2. The highest BCUT2D eigenvalue weighted by molar-refractivity contribution is 7.98. The standard InChI is InChI=1S/C9H8N2O3S2/c1-14-8(13)7-6(12)5-4(16-7)3-10-9(11-5)15-2/h3,12H,1-2H3. The zero-order chi connectivity index (χ0) is 11.7. The molecule has 16 heavy (non-hydrogen) atoms. The van der Waals surface area contributed by atoms with Gasteiger partial charge in [0.2, 0.25) is 0 Å². The number of nitrogens with zero attached hydrogens (tertiary/aromatic N) is 2. The number of fused-ring (bicyclic) bond motifs is 1. The van der Waals surface area contributed by atoms with Gasteiger partial charge in [-0.2, -0.15) is 0 Å². The van der Waals surface area contributed by atoms with Crippen molar-refractivity contribution in [2.75, 3.05) is 13.4 Å². The summed E-state index contributed by atoms with van der Waals surface area (Å²) in [4.78, 5) is 19.7. The van der Waals surface area contributed by atoms with Crippen molar-refractivity contribution in [3.63, 3.8) is 0 Å². The fraction of sp³-hybridized carbons (Fsp3) is 0.222. The second kappa shape index (κ2) is 4.26. The lowest BCUT2D eigenvalue weighted by atomic mass is 10.4. The summed E-state index contributed by atoms with van der Waals surface area (Å²) in [6.45, 7) is 0. The molecule has 0 saturated carbocycles. The number of thiophene rings is 1. The molecule has 0 atom stereocenters. The highest BCUT2D eigenvalue weighted by Crippen LogP contribution is 2.36. The van der Waals surface area contributed by atoms with Crippen molar-refractivity contribution in [1.29, 1.82) is 0 Å². The molecule has 1 N–H and O–H groups in total. The summed E-state index contributed by atoms with van der Waals surface area (Å²) in [6.07, 6.45) is 3.43. The highest BCUT2D eigenvalue weighted by atomic mass is 32.2. The van der Waals surface area contributed by atoms with Crippen molar-refractivity contribution < 1.29 is 14.6 Å². The number of hydrogen-bond acceptors (Lipinski definition) is 7.